The number of rotatable bonds is 9. The minimum absolute atomic E-state index is 0.207. The molecule has 31 heavy (non-hydrogen) atoms. The number of carbonyl (C=O) groups is 2. The summed E-state index contributed by atoms with van der Waals surface area (Å²) in [7, 11) is 1.65. The van der Waals surface area contributed by atoms with Crippen LogP contribution in [-0.4, -0.2) is 36.7 Å². The van der Waals surface area contributed by atoms with E-state index in [0.29, 0.717) is 24.5 Å². The summed E-state index contributed by atoms with van der Waals surface area (Å²) in [6, 6.07) is 7.89. The average Bonchev–Trinajstić information content (AvgIpc) is 2.71. The van der Waals surface area contributed by atoms with E-state index in [0.717, 1.165) is 37.0 Å². The van der Waals surface area contributed by atoms with Gasteiger partial charge in [-0.2, -0.15) is 0 Å². The Morgan fingerprint density at radius 1 is 1.13 bits per heavy atom. The van der Waals surface area contributed by atoms with Crippen molar-refractivity contribution in [2.24, 2.45) is 5.92 Å². The monoisotopic (exact) mass is 431 g/mol. The molecule has 0 unspecified atom stereocenters. The number of nitrogens with one attached hydrogen (secondary N) is 1. The summed E-state index contributed by atoms with van der Waals surface area (Å²) in [5, 5.41) is 2.76. The third kappa shape index (κ3) is 8.74. The highest BCUT2D eigenvalue weighted by Gasteiger charge is 2.30. The molecule has 1 fully saturated rings. The Morgan fingerprint density at radius 3 is 2.26 bits per heavy atom. The van der Waals surface area contributed by atoms with Gasteiger partial charge in [0.25, 0.3) is 0 Å². The van der Waals surface area contributed by atoms with Crippen molar-refractivity contribution in [2.45, 2.75) is 84.2 Å². The van der Waals surface area contributed by atoms with E-state index in [4.69, 9.17) is 14.2 Å². The van der Waals surface area contributed by atoms with Gasteiger partial charge in [0.1, 0.15) is 5.75 Å². The number of alkyl carbamates (subject to hydrolysis) is 1. The molecule has 6 heteroatoms. The highest BCUT2D eigenvalue weighted by Crippen LogP contribution is 2.31. The summed E-state index contributed by atoms with van der Waals surface area (Å²) in [5.74, 6) is 0.944. The van der Waals surface area contributed by atoms with Crippen LogP contribution in [0.4, 0.5) is 4.79 Å². The molecule has 6 nitrogen and oxygen atoms in total. The maximum atomic E-state index is 12.5. The second-order valence-electron chi connectivity index (χ2n) is 9.45. The number of Topliss-reactive ketones (excluding diaryl/α,β-unsaturated/α-hetero) is 1. The van der Waals surface area contributed by atoms with E-state index >= 15 is 0 Å². The molecule has 1 amide bonds. The highest BCUT2D eigenvalue weighted by atomic mass is 16.6. The first kappa shape index (κ1) is 24.9. The standard InChI is InChI=1S/C25H37NO5/c1-17(2)23(27)22(31-24(28)26-25(3,4)5)15-18-7-13-21(14-8-18)30-16-19-9-11-20(29-6)12-10-19/h9-12,18,21-22H,1,7-8,13-16H2,2-6H3,(H,26,28)/t18?,21?,22-/m0/s1. The van der Waals surface area contributed by atoms with Crippen LogP contribution in [0, 0.1) is 5.92 Å². The van der Waals surface area contributed by atoms with E-state index in [1.807, 2.05) is 45.0 Å². The third-order valence-corrected chi connectivity index (χ3v) is 5.43. The summed E-state index contributed by atoms with van der Waals surface area (Å²) in [4.78, 5) is 24.8. The number of ether oxygens (including phenoxy) is 3. The Morgan fingerprint density at radius 2 is 1.74 bits per heavy atom. The van der Waals surface area contributed by atoms with Crippen molar-refractivity contribution < 1.29 is 23.8 Å². The van der Waals surface area contributed by atoms with E-state index in [2.05, 4.69) is 11.9 Å². The van der Waals surface area contributed by atoms with Gasteiger partial charge in [-0.1, -0.05) is 18.7 Å². The van der Waals surface area contributed by atoms with Crippen molar-refractivity contribution in [3.05, 3.63) is 42.0 Å². The Bertz CT molecular complexity index is 742. The molecule has 1 atom stereocenters. The predicted octanol–water partition coefficient (Wildman–Crippen LogP) is 5.20. The second kappa shape index (κ2) is 11.3. The van der Waals surface area contributed by atoms with Gasteiger partial charge in [-0.05, 0) is 89.0 Å². The van der Waals surface area contributed by atoms with Crippen molar-refractivity contribution in [2.75, 3.05) is 7.11 Å². The van der Waals surface area contributed by atoms with E-state index < -0.39 is 17.7 Å². The first-order chi connectivity index (χ1) is 14.6. The van der Waals surface area contributed by atoms with Crippen LogP contribution in [0.3, 0.4) is 0 Å². The molecule has 1 saturated carbocycles. The molecular formula is C25H37NO5. The van der Waals surface area contributed by atoms with Crippen molar-refractivity contribution >= 4 is 11.9 Å². The Hall–Kier alpha value is -2.34. The molecule has 0 radical (unpaired) electrons. The van der Waals surface area contributed by atoms with E-state index in [9.17, 15) is 9.59 Å². The maximum Gasteiger partial charge on any atom is 0.408 e. The number of amides is 1. The van der Waals surface area contributed by atoms with Crippen LogP contribution in [0.25, 0.3) is 0 Å². The van der Waals surface area contributed by atoms with Gasteiger partial charge in [-0.3, -0.25) is 4.79 Å². The van der Waals surface area contributed by atoms with Gasteiger partial charge in [-0.25, -0.2) is 4.79 Å². The van der Waals surface area contributed by atoms with Gasteiger partial charge in [0, 0.05) is 5.54 Å². The fourth-order valence-corrected chi connectivity index (χ4v) is 3.72. The van der Waals surface area contributed by atoms with Crippen LogP contribution >= 0.6 is 0 Å². The van der Waals surface area contributed by atoms with Crippen molar-refractivity contribution in [1.29, 1.82) is 0 Å². The molecule has 172 valence electrons. The quantitative estimate of drug-likeness (QED) is 0.544. The maximum absolute atomic E-state index is 12.5. The summed E-state index contributed by atoms with van der Waals surface area (Å²) < 4.78 is 16.8. The summed E-state index contributed by atoms with van der Waals surface area (Å²) in [6.07, 6.45) is 3.12. The van der Waals surface area contributed by atoms with Crippen molar-refractivity contribution in [3.8, 4) is 5.75 Å². The molecule has 1 aliphatic carbocycles. The number of hydrogen-bond acceptors (Lipinski definition) is 5. The summed E-state index contributed by atoms with van der Waals surface area (Å²) in [6.45, 7) is 11.6. The van der Waals surface area contributed by atoms with Crippen LogP contribution in [-0.2, 0) is 20.9 Å². The minimum Gasteiger partial charge on any atom is -0.497 e. The molecular weight excluding hydrogens is 394 g/mol. The number of methoxy groups -OCH3 is 1. The van der Waals surface area contributed by atoms with Gasteiger partial charge >= 0.3 is 6.09 Å². The van der Waals surface area contributed by atoms with Crippen molar-refractivity contribution in [1.82, 2.24) is 5.32 Å². The lowest BCUT2D eigenvalue weighted by Crippen LogP contribution is -2.44. The number of carbonyl (C=O) groups excluding carboxylic acids is 2. The van der Waals surface area contributed by atoms with Crippen LogP contribution in [0.1, 0.15) is 65.4 Å². The number of benzene rings is 1. The molecule has 0 aromatic heterocycles. The Balaban J connectivity index is 1.83. The van der Waals surface area contributed by atoms with Gasteiger partial charge in [0.15, 0.2) is 11.9 Å². The number of hydrogen-bond donors (Lipinski definition) is 1. The molecule has 1 aliphatic rings. The molecule has 1 N–H and O–H groups in total. The first-order valence-electron chi connectivity index (χ1n) is 11.0. The molecule has 1 aromatic carbocycles. The molecule has 0 aliphatic heterocycles. The van der Waals surface area contributed by atoms with Gasteiger partial charge in [0.05, 0.1) is 19.8 Å². The SMILES string of the molecule is C=C(C)C(=O)[C@H](CC1CCC(OCc2ccc(OC)cc2)CC1)OC(=O)NC(C)(C)C. The van der Waals surface area contributed by atoms with Crippen LogP contribution in [0.15, 0.2) is 36.4 Å². The Kier molecular flexibility index (Phi) is 9.11. The summed E-state index contributed by atoms with van der Waals surface area (Å²) >= 11 is 0. The van der Waals surface area contributed by atoms with E-state index in [1.165, 1.54) is 0 Å². The molecule has 0 spiro atoms. The molecule has 1 aromatic rings. The van der Waals surface area contributed by atoms with Crippen LogP contribution < -0.4 is 10.1 Å². The van der Waals surface area contributed by atoms with Gasteiger partial charge < -0.3 is 19.5 Å². The summed E-state index contributed by atoms with van der Waals surface area (Å²) in [5.41, 5.74) is 1.10. The van der Waals surface area contributed by atoms with Crippen LogP contribution in [0.2, 0.25) is 0 Å². The zero-order valence-electron chi connectivity index (χ0n) is 19.5. The first-order valence-corrected chi connectivity index (χ1v) is 11.0. The van der Waals surface area contributed by atoms with E-state index in [1.54, 1.807) is 14.0 Å². The zero-order chi connectivity index (χ0) is 23.0. The second-order valence-corrected chi connectivity index (χ2v) is 9.45. The largest absolute Gasteiger partial charge is 0.497 e. The highest BCUT2D eigenvalue weighted by molar-refractivity contribution is 5.98. The van der Waals surface area contributed by atoms with Gasteiger partial charge in [0.2, 0.25) is 0 Å². The minimum atomic E-state index is -0.790. The molecule has 0 saturated heterocycles. The lowest BCUT2D eigenvalue weighted by molar-refractivity contribution is -0.124. The predicted molar refractivity (Wildman–Crippen MR) is 121 cm³/mol. The third-order valence-electron chi connectivity index (χ3n) is 5.43. The fraction of sp³-hybridized carbons (Fsp3) is 0.600. The fourth-order valence-electron chi connectivity index (χ4n) is 3.72. The molecule has 2 rings (SSSR count). The molecule has 0 bridgehead atoms. The van der Waals surface area contributed by atoms with E-state index in [-0.39, 0.29) is 11.9 Å². The lowest BCUT2D eigenvalue weighted by Gasteiger charge is -2.31. The topological polar surface area (TPSA) is 73.9 Å². The number of ketones is 1. The normalized spacial score (nSPS) is 19.9. The lowest BCUT2D eigenvalue weighted by atomic mass is 9.83. The van der Waals surface area contributed by atoms with Crippen LogP contribution in [0.5, 0.6) is 5.75 Å². The zero-order valence-corrected chi connectivity index (χ0v) is 19.5. The Labute approximate surface area is 186 Å². The molecule has 0 heterocycles. The van der Waals surface area contributed by atoms with Gasteiger partial charge in [-0.15, -0.1) is 0 Å². The smallest absolute Gasteiger partial charge is 0.408 e. The average molecular weight is 432 g/mol. The van der Waals surface area contributed by atoms with Crippen molar-refractivity contribution in [3.63, 3.8) is 0 Å².